The summed E-state index contributed by atoms with van der Waals surface area (Å²) in [5.41, 5.74) is 0.130. The quantitative estimate of drug-likeness (QED) is 0.863. The van der Waals surface area contributed by atoms with Crippen molar-refractivity contribution in [3.05, 3.63) is 34.1 Å². The second-order valence-electron chi connectivity index (χ2n) is 4.69. The summed E-state index contributed by atoms with van der Waals surface area (Å²) >= 11 is 3.27. The van der Waals surface area contributed by atoms with Gasteiger partial charge in [0.05, 0.1) is 5.56 Å². The maximum absolute atomic E-state index is 13.7. The molecule has 1 aliphatic rings. The first-order valence-corrected chi connectivity index (χ1v) is 6.78. The van der Waals surface area contributed by atoms with E-state index in [-0.39, 0.29) is 23.6 Å². The molecule has 18 heavy (non-hydrogen) atoms. The topological polar surface area (TPSA) is 32.3 Å². The van der Waals surface area contributed by atoms with E-state index in [2.05, 4.69) is 21.2 Å². The normalized spacial score (nSPS) is 24.1. The van der Waals surface area contributed by atoms with Crippen molar-refractivity contribution in [2.45, 2.75) is 25.9 Å². The van der Waals surface area contributed by atoms with Gasteiger partial charge in [0.25, 0.3) is 5.91 Å². The smallest absolute Gasteiger partial charge is 0.257 e. The summed E-state index contributed by atoms with van der Waals surface area (Å²) in [6.07, 6.45) is 0. The van der Waals surface area contributed by atoms with E-state index < -0.39 is 5.82 Å². The summed E-state index contributed by atoms with van der Waals surface area (Å²) in [6.45, 7) is 5.42. The van der Waals surface area contributed by atoms with E-state index in [1.54, 1.807) is 17.0 Å². The first-order valence-electron chi connectivity index (χ1n) is 5.99. The number of hydrogen-bond acceptors (Lipinski definition) is 2. The Hall–Kier alpha value is -0.940. The number of halogens is 2. The molecule has 1 amide bonds. The highest BCUT2D eigenvalue weighted by Crippen LogP contribution is 2.20. The number of piperazine rings is 1. The zero-order valence-electron chi connectivity index (χ0n) is 10.4. The fourth-order valence-corrected chi connectivity index (χ4v) is 2.69. The van der Waals surface area contributed by atoms with Crippen LogP contribution in [0.5, 0.6) is 0 Å². The van der Waals surface area contributed by atoms with Gasteiger partial charge in [-0.1, -0.05) is 15.9 Å². The first-order chi connectivity index (χ1) is 8.50. The predicted molar refractivity (Wildman–Crippen MR) is 72.1 cm³/mol. The molecule has 1 N–H and O–H groups in total. The molecule has 1 fully saturated rings. The summed E-state index contributed by atoms with van der Waals surface area (Å²) in [6, 6.07) is 4.59. The van der Waals surface area contributed by atoms with E-state index >= 15 is 0 Å². The SMILES string of the molecule is CC1CNCC(C)N1C(=O)c1cc(Br)ccc1F. The molecule has 0 saturated carbocycles. The highest BCUT2D eigenvalue weighted by atomic mass is 79.9. The molecule has 5 heteroatoms. The van der Waals surface area contributed by atoms with Crippen molar-refractivity contribution in [3.63, 3.8) is 0 Å². The summed E-state index contributed by atoms with van der Waals surface area (Å²) in [7, 11) is 0. The molecular weight excluding hydrogens is 299 g/mol. The third kappa shape index (κ3) is 2.57. The van der Waals surface area contributed by atoms with E-state index in [9.17, 15) is 9.18 Å². The molecule has 1 aromatic rings. The number of nitrogens with one attached hydrogen (secondary N) is 1. The second kappa shape index (κ2) is 5.36. The Morgan fingerprint density at radius 3 is 2.61 bits per heavy atom. The highest BCUT2D eigenvalue weighted by molar-refractivity contribution is 9.10. The van der Waals surface area contributed by atoms with Gasteiger partial charge in [-0.3, -0.25) is 4.79 Å². The predicted octanol–water partition coefficient (Wildman–Crippen LogP) is 2.41. The lowest BCUT2D eigenvalue weighted by Gasteiger charge is -2.39. The number of benzene rings is 1. The Bertz CT molecular complexity index is 456. The maximum atomic E-state index is 13.7. The van der Waals surface area contributed by atoms with Gasteiger partial charge in [-0.25, -0.2) is 4.39 Å². The molecule has 0 aromatic heterocycles. The van der Waals surface area contributed by atoms with E-state index in [1.807, 2.05) is 13.8 Å². The zero-order chi connectivity index (χ0) is 13.3. The van der Waals surface area contributed by atoms with Crippen LogP contribution in [0.4, 0.5) is 4.39 Å². The summed E-state index contributed by atoms with van der Waals surface area (Å²) in [4.78, 5) is 14.2. The summed E-state index contributed by atoms with van der Waals surface area (Å²) < 4.78 is 14.5. The minimum Gasteiger partial charge on any atom is -0.331 e. The molecule has 0 aliphatic carbocycles. The molecule has 0 bridgehead atoms. The standard InChI is InChI=1S/C13H16BrFN2O/c1-8-6-16-7-9(2)17(8)13(18)11-5-10(14)3-4-12(11)15/h3-5,8-9,16H,6-7H2,1-2H3. The number of carbonyl (C=O) groups is 1. The van der Waals surface area contributed by atoms with Gasteiger partial charge in [0.1, 0.15) is 5.82 Å². The van der Waals surface area contributed by atoms with Crippen LogP contribution in [0.25, 0.3) is 0 Å². The molecule has 1 aromatic carbocycles. The molecule has 2 rings (SSSR count). The molecule has 2 unspecified atom stereocenters. The van der Waals surface area contributed by atoms with Crippen LogP contribution in [0.1, 0.15) is 24.2 Å². The molecule has 0 spiro atoms. The number of rotatable bonds is 1. The Morgan fingerprint density at radius 1 is 1.39 bits per heavy atom. The van der Waals surface area contributed by atoms with Crippen molar-refractivity contribution in [1.82, 2.24) is 10.2 Å². The van der Waals surface area contributed by atoms with E-state index in [1.165, 1.54) is 6.07 Å². The lowest BCUT2D eigenvalue weighted by Crippen LogP contribution is -2.57. The van der Waals surface area contributed by atoms with Crippen LogP contribution in [0.15, 0.2) is 22.7 Å². The van der Waals surface area contributed by atoms with Crippen molar-refractivity contribution in [1.29, 1.82) is 0 Å². The summed E-state index contributed by atoms with van der Waals surface area (Å²) in [5, 5.41) is 3.25. The van der Waals surface area contributed by atoms with Crippen LogP contribution >= 0.6 is 15.9 Å². The lowest BCUT2D eigenvalue weighted by atomic mass is 10.1. The maximum Gasteiger partial charge on any atom is 0.257 e. The fraction of sp³-hybridized carbons (Fsp3) is 0.462. The molecule has 3 nitrogen and oxygen atoms in total. The Balaban J connectivity index is 2.32. The Labute approximate surface area is 114 Å². The second-order valence-corrected chi connectivity index (χ2v) is 5.61. The fourth-order valence-electron chi connectivity index (χ4n) is 2.33. The van der Waals surface area contributed by atoms with Gasteiger partial charge in [-0.15, -0.1) is 0 Å². The lowest BCUT2D eigenvalue weighted by molar-refractivity contribution is 0.0539. The number of amides is 1. The zero-order valence-corrected chi connectivity index (χ0v) is 12.0. The van der Waals surface area contributed by atoms with E-state index in [0.717, 1.165) is 13.1 Å². The van der Waals surface area contributed by atoms with Gasteiger partial charge in [-0.05, 0) is 32.0 Å². The van der Waals surface area contributed by atoms with Gasteiger partial charge in [0, 0.05) is 29.6 Å². The van der Waals surface area contributed by atoms with Gasteiger partial charge >= 0.3 is 0 Å². The third-order valence-corrected chi connectivity index (χ3v) is 3.72. The van der Waals surface area contributed by atoms with Crippen molar-refractivity contribution >= 4 is 21.8 Å². The number of hydrogen-bond donors (Lipinski definition) is 1. The minimum atomic E-state index is -0.471. The average molecular weight is 315 g/mol. The Kier molecular flexibility index (Phi) is 4.02. The van der Waals surface area contributed by atoms with E-state index in [0.29, 0.717) is 4.47 Å². The van der Waals surface area contributed by atoms with Gasteiger partial charge < -0.3 is 10.2 Å². The average Bonchev–Trinajstić information content (AvgIpc) is 2.32. The molecule has 1 aliphatic heterocycles. The highest BCUT2D eigenvalue weighted by Gasteiger charge is 2.30. The van der Waals surface area contributed by atoms with Gasteiger partial charge in [0.2, 0.25) is 0 Å². The molecular formula is C13H16BrFN2O. The first kappa shape index (κ1) is 13.5. The Morgan fingerprint density at radius 2 is 2.00 bits per heavy atom. The summed E-state index contributed by atoms with van der Waals surface area (Å²) in [5.74, 6) is -0.712. The van der Waals surface area contributed by atoms with Gasteiger partial charge in [0.15, 0.2) is 0 Å². The molecule has 98 valence electrons. The molecule has 0 radical (unpaired) electrons. The van der Waals surface area contributed by atoms with Crippen LogP contribution in [-0.2, 0) is 0 Å². The van der Waals surface area contributed by atoms with Gasteiger partial charge in [-0.2, -0.15) is 0 Å². The number of carbonyl (C=O) groups excluding carboxylic acids is 1. The molecule has 1 heterocycles. The number of nitrogens with zero attached hydrogens (tertiary/aromatic N) is 1. The minimum absolute atomic E-state index is 0.0691. The third-order valence-electron chi connectivity index (χ3n) is 3.22. The van der Waals surface area contributed by atoms with Crippen molar-refractivity contribution in [2.75, 3.05) is 13.1 Å². The van der Waals surface area contributed by atoms with Crippen LogP contribution in [0.3, 0.4) is 0 Å². The molecule has 1 saturated heterocycles. The van der Waals surface area contributed by atoms with Crippen LogP contribution in [0, 0.1) is 5.82 Å². The molecule has 2 atom stereocenters. The van der Waals surface area contributed by atoms with Crippen LogP contribution < -0.4 is 5.32 Å². The largest absolute Gasteiger partial charge is 0.331 e. The van der Waals surface area contributed by atoms with Crippen LogP contribution in [0.2, 0.25) is 0 Å². The van der Waals surface area contributed by atoms with Crippen LogP contribution in [-0.4, -0.2) is 36.0 Å². The van der Waals surface area contributed by atoms with Crippen molar-refractivity contribution in [2.24, 2.45) is 0 Å². The van der Waals surface area contributed by atoms with Crippen molar-refractivity contribution in [3.8, 4) is 0 Å². The monoisotopic (exact) mass is 314 g/mol. The van der Waals surface area contributed by atoms with Crippen molar-refractivity contribution < 1.29 is 9.18 Å². The van der Waals surface area contributed by atoms with E-state index in [4.69, 9.17) is 0 Å².